The minimum Gasteiger partial charge on any atom is -0.493 e. The fourth-order valence-corrected chi connectivity index (χ4v) is 3.48. The molecule has 0 saturated heterocycles. The molecular weight excluding hydrogens is 391 g/mol. The quantitative estimate of drug-likeness (QED) is 0.662. The van der Waals surface area contributed by atoms with Crippen LogP contribution in [0.2, 0.25) is 0 Å². The van der Waals surface area contributed by atoms with E-state index in [1.54, 1.807) is 6.07 Å². The minimum absolute atomic E-state index is 0.280. The normalized spacial score (nSPS) is 12.1. The number of alkyl halides is 1. The van der Waals surface area contributed by atoms with Gasteiger partial charge in [-0.3, -0.25) is 0 Å². The van der Waals surface area contributed by atoms with Crippen LogP contribution in [0.15, 0.2) is 40.9 Å². The first kappa shape index (κ1) is 15.3. The largest absolute Gasteiger partial charge is 0.493 e. The lowest BCUT2D eigenvalue weighted by Crippen LogP contribution is -2.00. The molecule has 0 aliphatic rings. The molecule has 0 saturated carbocycles. The van der Waals surface area contributed by atoms with Crippen LogP contribution in [0.25, 0.3) is 0 Å². The van der Waals surface area contributed by atoms with Crippen molar-refractivity contribution in [3.8, 4) is 11.5 Å². The Hall–Kier alpha value is -1.07. The number of ether oxygens (including phenoxy) is 2. The monoisotopic (exact) mass is 402 g/mol. The van der Waals surface area contributed by atoms with Crippen molar-refractivity contribution in [2.75, 3.05) is 14.2 Å². The lowest BCUT2D eigenvalue weighted by atomic mass is 10.0. The Bertz CT molecular complexity index is 617. The van der Waals surface area contributed by atoms with Crippen molar-refractivity contribution in [3.63, 3.8) is 0 Å². The second-order valence-electron chi connectivity index (χ2n) is 4.11. The maximum absolute atomic E-state index is 14.2. The van der Waals surface area contributed by atoms with Crippen LogP contribution in [0.1, 0.15) is 16.0 Å². The summed E-state index contributed by atoms with van der Waals surface area (Å²) in [4.78, 5) is -0.280. The molecule has 0 aliphatic heterocycles. The van der Waals surface area contributed by atoms with Gasteiger partial charge in [0.05, 0.1) is 19.0 Å². The number of methoxy groups -OCH3 is 2. The Morgan fingerprint density at radius 1 is 1.00 bits per heavy atom. The summed E-state index contributed by atoms with van der Waals surface area (Å²) in [5.74, 6) is 0.529. The minimum atomic E-state index is -0.347. The molecule has 106 valence electrons. The Morgan fingerprint density at radius 3 is 2.20 bits per heavy atom. The fraction of sp³-hybridized carbons (Fsp3) is 0.200. The van der Waals surface area contributed by atoms with Crippen molar-refractivity contribution < 1.29 is 13.9 Å². The van der Waals surface area contributed by atoms with Crippen LogP contribution in [0.3, 0.4) is 0 Å². The lowest BCUT2D eigenvalue weighted by molar-refractivity contribution is 0.351. The molecule has 2 nitrogen and oxygen atoms in total. The summed E-state index contributed by atoms with van der Waals surface area (Å²) in [6.07, 6.45) is 0. The van der Waals surface area contributed by atoms with E-state index in [0.717, 1.165) is 10.0 Å². The molecule has 0 N–H and O–H groups in total. The van der Waals surface area contributed by atoms with Crippen LogP contribution < -0.4 is 9.47 Å². The maximum atomic E-state index is 14.2. The van der Waals surface area contributed by atoms with Gasteiger partial charge in [0.1, 0.15) is 5.82 Å². The van der Waals surface area contributed by atoms with Gasteiger partial charge in [0.15, 0.2) is 11.5 Å². The van der Waals surface area contributed by atoms with E-state index in [9.17, 15) is 4.39 Å². The highest BCUT2D eigenvalue weighted by atomic mass is 79.9. The molecule has 0 bridgehead atoms. The van der Waals surface area contributed by atoms with Crippen molar-refractivity contribution >= 4 is 31.9 Å². The fourth-order valence-electron chi connectivity index (χ4n) is 1.91. The summed E-state index contributed by atoms with van der Waals surface area (Å²) in [6, 6.07) is 10.7. The number of hydrogen-bond acceptors (Lipinski definition) is 2. The first-order valence-corrected chi connectivity index (χ1v) is 7.59. The van der Waals surface area contributed by atoms with E-state index < -0.39 is 0 Å². The van der Waals surface area contributed by atoms with Crippen LogP contribution in [0, 0.1) is 5.82 Å². The smallest absolute Gasteiger partial charge is 0.163 e. The highest BCUT2D eigenvalue weighted by Gasteiger charge is 2.20. The van der Waals surface area contributed by atoms with Gasteiger partial charge in [-0.2, -0.15) is 0 Å². The van der Waals surface area contributed by atoms with E-state index in [1.807, 2.05) is 24.3 Å². The van der Waals surface area contributed by atoms with Crippen LogP contribution in [0.5, 0.6) is 11.5 Å². The van der Waals surface area contributed by atoms with Crippen molar-refractivity contribution in [1.82, 2.24) is 0 Å². The van der Waals surface area contributed by atoms with Crippen molar-refractivity contribution in [1.29, 1.82) is 0 Å². The van der Waals surface area contributed by atoms with Crippen molar-refractivity contribution in [2.45, 2.75) is 4.83 Å². The molecule has 2 rings (SSSR count). The van der Waals surface area contributed by atoms with Crippen LogP contribution in [0.4, 0.5) is 4.39 Å². The van der Waals surface area contributed by atoms with Gasteiger partial charge in [0.25, 0.3) is 0 Å². The highest BCUT2D eigenvalue weighted by Crippen LogP contribution is 2.40. The van der Waals surface area contributed by atoms with E-state index in [2.05, 4.69) is 31.9 Å². The maximum Gasteiger partial charge on any atom is 0.163 e. The summed E-state index contributed by atoms with van der Waals surface area (Å²) in [5.41, 5.74) is 1.44. The predicted octanol–water partition coefficient (Wildman–Crippen LogP) is 5.09. The zero-order valence-corrected chi connectivity index (χ0v) is 14.2. The number of hydrogen-bond donors (Lipinski definition) is 0. The summed E-state index contributed by atoms with van der Waals surface area (Å²) in [6.45, 7) is 0. The van der Waals surface area contributed by atoms with E-state index in [1.165, 1.54) is 20.3 Å². The third kappa shape index (κ3) is 2.99. The summed E-state index contributed by atoms with van der Waals surface area (Å²) < 4.78 is 25.5. The Labute approximate surface area is 134 Å². The molecule has 0 fully saturated rings. The van der Waals surface area contributed by atoms with Crippen LogP contribution in [-0.4, -0.2) is 14.2 Å². The topological polar surface area (TPSA) is 18.5 Å². The van der Waals surface area contributed by atoms with Crippen LogP contribution >= 0.6 is 31.9 Å². The third-order valence-corrected chi connectivity index (χ3v) is 4.66. The second kappa shape index (κ2) is 6.59. The lowest BCUT2D eigenvalue weighted by Gasteiger charge is -2.16. The number of benzene rings is 2. The number of halogens is 3. The molecule has 5 heteroatoms. The molecule has 2 aromatic carbocycles. The van der Waals surface area contributed by atoms with Gasteiger partial charge in [-0.1, -0.05) is 50.1 Å². The van der Waals surface area contributed by atoms with E-state index in [4.69, 9.17) is 9.47 Å². The van der Waals surface area contributed by atoms with Crippen LogP contribution in [-0.2, 0) is 0 Å². The molecule has 0 radical (unpaired) electrons. The zero-order valence-electron chi connectivity index (χ0n) is 11.0. The average Bonchev–Trinajstić information content (AvgIpc) is 2.46. The van der Waals surface area contributed by atoms with Gasteiger partial charge in [-0.15, -0.1) is 0 Å². The second-order valence-corrected chi connectivity index (χ2v) is 5.88. The van der Waals surface area contributed by atoms with E-state index in [0.29, 0.717) is 17.1 Å². The number of rotatable bonds is 4. The standard InChI is InChI=1S/C15H13Br2FO2/c1-19-13-7-10(12(18)8-14(13)20-2)15(17)9-5-3-4-6-11(9)16/h3-8,15H,1-2H3. The summed E-state index contributed by atoms with van der Waals surface area (Å²) in [7, 11) is 3.01. The Balaban J connectivity index is 2.50. The molecule has 20 heavy (non-hydrogen) atoms. The third-order valence-electron chi connectivity index (χ3n) is 2.95. The summed E-state index contributed by atoms with van der Waals surface area (Å²) in [5, 5.41) is 0. The van der Waals surface area contributed by atoms with E-state index in [-0.39, 0.29) is 10.6 Å². The van der Waals surface area contributed by atoms with Gasteiger partial charge in [-0.25, -0.2) is 4.39 Å². The SMILES string of the molecule is COc1cc(F)c(C(Br)c2ccccc2Br)cc1OC. The van der Waals surface area contributed by atoms with Gasteiger partial charge < -0.3 is 9.47 Å². The first-order valence-electron chi connectivity index (χ1n) is 5.88. The van der Waals surface area contributed by atoms with Gasteiger partial charge in [0, 0.05) is 16.1 Å². The Morgan fingerprint density at radius 2 is 1.60 bits per heavy atom. The molecule has 2 aromatic rings. The highest BCUT2D eigenvalue weighted by molar-refractivity contribution is 9.11. The van der Waals surface area contributed by atoms with Gasteiger partial charge in [-0.05, 0) is 17.7 Å². The van der Waals surface area contributed by atoms with Crippen molar-refractivity contribution in [2.24, 2.45) is 0 Å². The predicted molar refractivity (Wildman–Crippen MR) is 84.4 cm³/mol. The van der Waals surface area contributed by atoms with Gasteiger partial charge >= 0.3 is 0 Å². The molecule has 0 heterocycles. The van der Waals surface area contributed by atoms with Gasteiger partial charge in [0.2, 0.25) is 0 Å². The zero-order chi connectivity index (χ0) is 14.7. The molecule has 0 aliphatic carbocycles. The molecule has 0 spiro atoms. The Kier molecular flexibility index (Phi) is 5.05. The van der Waals surface area contributed by atoms with E-state index >= 15 is 0 Å². The molecule has 1 atom stereocenters. The van der Waals surface area contributed by atoms with Crippen molar-refractivity contribution in [3.05, 3.63) is 57.8 Å². The average molecular weight is 404 g/mol. The molecule has 1 unspecified atom stereocenters. The summed E-state index contributed by atoms with van der Waals surface area (Å²) >= 11 is 7.01. The first-order chi connectivity index (χ1) is 9.58. The molecular formula is C15H13Br2FO2. The molecule has 0 aromatic heterocycles. The molecule has 0 amide bonds.